The van der Waals surface area contributed by atoms with Gasteiger partial charge in [-0.05, 0) is 47.5 Å². The van der Waals surface area contributed by atoms with E-state index in [1.54, 1.807) is 48.8 Å². The number of fused-ring (bicyclic) bond motifs is 6. The highest BCUT2D eigenvalue weighted by atomic mass is 32.1. The molecule has 3 aromatic heterocycles. The van der Waals surface area contributed by atoms with Gasteiger partial charge in [-0.2, -0.15) is 46.9 Å². The first-order valence-corrected chi connectivity index (χ1v) is 14.1. The van der Waals surface area contributed by atoms with Crippen molar-refractivity contribution in [3.63, 3.8) is 0 Å². The molecule has 0 bridgehead atoms. The van der Waals surface area contributed by atoms with Gasteiger partial charge < -0.3 is 0 Å². The Kier molecular flexibility index (Phi) is 6.07. The average molecular weight is 633 g/mol. The van der Waals surface area contributed by atoms with Gasteiger partial charge in [-0.15, -0.1) is 22.7 Å². The molecule has 0 radical (unpaired) electrons. The summed E-state index contributed by atoms with van der Waals surface area (Å²) in [5.74, 6) is 0. The van der Waals surface area contributed by atoms with Gasteiger partial charge in [-0.1, -0.05) is 24.3 Å². The minimum atomic E-state index is -4.48. The van der Waals surface area contributed by atoms with E-state index in [0.29, 0.717) is 76.1 Å². The molecule has 6 nitrogen and oxygen atoms in total. The highest BCUT2D eigenvalue weighted by Crippen LogP contribution is 2.41. The first-order valence-electron chi connectivity index (χ1n) is 12.5. The Morgan fingerprint density at radius 2 is 0.955 bits per heavy atom. The molecule has 44 heavy (non-hydrogen) atoms. The van der Waals surface area contributed by atoms with Crippen LogP contribution in [-0.4, -0.2) is 9.97 Å². The highest BCUT2D eigenvalue weighted by molar-refractivity contribution is 7.16. The number of halogens is 6. The van der Waals surface area contributed by atoms with E-state index in [-0.39, 0.29) is 21.7 Å². The molecule has 214 valence electrons. The summed E-state index contributed by atoms with van der Waals surface area (Å²) in [5.41, 5.74) is 2.19. The SMILES string of the molecule is N#C/N=c1/c2cc(-c3ccc(C(F)(F)F)s3)ccc2c2nc3/c(=N/C#N)c4cc(-c5ccc(C(F)(F)F)s5)ccc4c3nc12. The topological polar surface area (TPSA) is 98.1 Å². The van der Waals surface area contributed by atoms with Gasteiger partial charge >= 0.3 is 12.4 Å². The van der Waals surface area contributed by atoms with Gasteiger partial charge in [0.2, 0.25) is 12.4 Å². The summed E-state index contributed by atoms with van der Waals surface area (Å²) in [7, 11) is 0. The molecule has 0 spiro atoms. The predicted molar refractivity (Wildman–Crippen MR) is 153 cm³/mol. The van der Waals surface area contributed by atoms with Crippen LogP contribution in [0.3, 0.4) is 0 Å². The van der Waals surface area contributed by atoms with E-state index >= 15 is 0 Å². The predicted octanol–water partition coefficient (Wildman–Crippen LogP) is 8.22. The maximum atomic E-state index is 13.2. The van der Waals surface area contributed by atoms with Gasteiger partial charge in [0.15, 0.2) is 0 Å². The normalized spacial score (nSPS) is 13.5. The Morgan fingerprint density at radius 3 is 1.30 bits per heavy atom. The number of nitrogens with zero attached hydrogens (tertiary/aromatic N) is 6. The Balaban J connectivity index is 1.48. The molecule has 7 aromatic rings. The van der Waals surface area contributed by atoms with E-state index in [1.165, 1.54) is 12.1 Å². The lowest BCUT2D eigenvalue weighted by Crippen LogP contribution is -2.03. The lowest BCUT2D eigenvalue weighted by molar-refractivity contribution is -0.135. The van der Waals surface area contributed by atoms with Crippen LogP contribution in [0.1, 0.15) is 9.75 Å². The lowest BCUT2D eigenvalue weighted by Gasteiger charge is -2.01. The minimum Gasteiger partial charge on any atom is -0.241 e. The summed E-state index contributed by atoms with van der Waals surface area (Å²) >= 11 is 1.18. The summed E-state index contributed by atoms with van der Waals surface area (Å²) < 4.78 is 79.2. The van der Waals surface area contributed by atoms with Crippen LogP contribution >= 0.6 is 22.7 Å². The third-order valence-corrected chi connectivity index (χ3v) is 9.43. The summed E-state index contributed by atoms with van der Waals surface area (Å²) in [6.07, 6.45) is -5.44. The second-order valence-electron chi connectivity index (χ2n) is 9.58. The Morgan fingerprint density at radius 1 is 0.545 bits per heavy atom. The maximum Gasteiger partial charge on any atom is 0.425 e. The number of hydrogen-bond donors (Lipinski definition) is 0. The first kappa shape index (κ1) is 27.6. The van der Waals surface area contributed by atoms with Crippen molar-refractivity contribution in [3.05, 3.63) is 81.1 Å². The standard InChI is InChI=1S/C30H10F6N6S2/c31-29(32,33)21-7-5-19(43-21)13-1-3-15-17(9-13)23(39-11-37)27-25(15)41-28-24(40-12-38)18-10-14(2-4-16(18)26(28)42-27)20-6-8-22(44-20)30(34,35)36/h1-10H/b39-23-,40-24+. The molecule has 0 atom stereocenters. The Hall–Kier alpha value is -5.18. The van der Waals surface area contributed by atoms with Crippen molar-refractivity contribution in [2.75, 3.05) is 0 Å². The van der Waals surface area contributed by atoms with E-state index in [1.807, 2.05) is 0 Å². The zero-order valence-corrected chi connectivity index (χ0v) is 23.2. The molecule has 0 saturated carbocycles. The van der Waals surface area contributed by atoms with Crippen LogP contribution in [-0.2, 0) is 12.4 Å². The Labute approximate surface area is 249 Å². The molecule has 0 aliphatic heterocycles. The van der Waals surface area contributed by atoms with E-state index in [9.17, 15) is 36.9 Å². The molecule has 0 aliphatic rings. The minimum absolute atomic E-state index is 0.185. The number of nitriles is 2. The number of alkyl halides is 6. The van der Waals surface area contributed by atoms with Crippen molar-refractivity contribution in [1.29, 1.82) is 10.5 Å². The Bertz CT molecular complexity index is 2340. The van der Waals surface area contributed by atoms with Crippen molar-refractivity contribution in [2.24, 2.45) is 9.98 Å². The molecular weight excluding hydrogens is 622 g/mol. The average Bonchev–Trinajstić information content (AvgIpc) is 3.77. The van der Waals surface area contributed by atoms with E-state index in [2.05, 4.69) is 9.98 Å². The van der Waals surface area contributed by atoms with E-state index in [4.69, 9.17) is 9.97 Å². The fraction of sp³-hybridized carbons (Fsp3) is 0.0667. The van der Waals surface area contributed by atoms with Crippen LogP contribution < -0.4 is 10.7 Å². The molecular formula is C30H10F6N6S2. The molecule has 0 fully saturated rings. The number of hydrogen-bond acceptors (Lipinski definition) is 8. The molecule has 0 N–H and O–H groups in total. The summed E-state index contributed by atoms with van der Waals surface area (Å²) in [6.45, 7) is 0. The fourth-order valence-corrected chi connectivity index (χ4v) is 6.95. The van der Waals surface area contributed by atoms with E-state index in [0.717, 1.165) is 12.1 Å². The van der Waals surface area contributed by atoms with Gasteiger partial charge in [0, 0.05) is 31.3 Å². The number of thiophene rings is 2. The van der Waals surface area contributed by atoms with Crippen molar-refractivity contribution in [1.82, 2.24) is 9.97 Å². The number of benzene rings is 2. The maximum absolute atomic E-state index is 13.2. The van der Waals surface area contributed by atoms with Crippen LogP contribution in [0.2, 0.25) is 0 Å². The van der Waals surface area contributed by atoms with Crippen LogP contribution in [0.4, 0.5) is 26.3 Å². The highest BCUT2D eigenvalue weighted by Gasteiger charge is 2.33. The first-order chi connectivity index (χ1) is 21.0. The fourth-order valence-electron chi connectivity index (χ4n) is 5.21. The van der Waals surface area contributed by atoms with Gasteiger partial charge in [-0.3, -0.25) is 0 Å². The van der Waals surface area contributed by atoms with Crippen molar-refractivity contribution in [3.8, 4) is 33.3 Å². The zero-order chi connectivity index (χ0) is 31.0. The van der Waals surface area contributed by atoms with Crippen LogP contribution in [0, 0.1) is 22.9 Å². The molecule has 4 aromatic carbocycles. The molecule has 3 heterocycles. The molecule has 0 saturated heterocycles. The molecule has 0 amide bonds. The quantitative estimate of drug-likeness (QED) is 0.142. The summed E-state index contributed by atoms with van der Waals surface area (Å²) in [6, 6.07) is 14.6. The summed E-state index contributed by atoms with van der Waals surface area (Å²) in [4.78, 5) is 16.7. The van der Waals surface area contributed by atoms with Gasteiger partial charge in [0.05, 0.1) is 11.0 Å². The monoisotopic (exact) mass is 632 g/mol. The second-order valence-corrected chi connectivity index (χ2v) is 11.8. The molecule has 0 unspecified atom stereocenters. The van der Waals surface area contributed by atoms with Gasteiger partial charge in [0.25, 0.3) is 0 Å². The van der Waals surface area contributed by atoms with Crippen LogP contribution in [0.25, 0.3) is 64.5 Å². The largest absolute Gasteiger partial charge is 0.425 e. The molecule has 14 heteroatoms. The number of rotatable bonds is 2. The smallest absolute Gasteiger partial charge is 0.241 e. The van der Waals surface area contributed by atoms with Crippen molar-refractivity contribution >= 4 is 66.3 Å². The molecule has 7 rings (SSSR count). The molecule has 0 aliphatic carbocycles. The van der Waals surface area contributed by atoms with Crippen molar-refractivity contribution < 1.29 is 26.3 Å². The van der Waals surface area contributed by atoms with Crippen molar-refractivity contribution in [2.45, 2.75) is 12.4 Å². The van der Waals surface area contributed by atoms with Gasteiger partial charge in [0.1, 0.15) is 31.5 Å². The lowest BCUT2D eigenvalue weighted by atomic mass is 10.1. The number of aromatic nitrogens is 2. The third kappa shape index (κ3) is 4.30. The van der Waals surface area contributed by atoms with Crippen LogP contribution in [0.5, 0.6) is 0 Å². The van der Waals surface area contributed by atoms with Gasteiger partial charge in [-0.25, -0.2) is 9.97 Å². The second kappa shape index (κ2) is 9.67. The zero-order valence-electron chi connectivity index (χ0n) is 21.5. The van der Waals surface area contributed by atoms with E-state index < -0.39 is 22.1 Å². The summed E-state index contributed by atoms with van der Waals surface area (Å²) in [5, 5.41) is 21.3. The third-order valence-electron chi connectivity index (χ3n) is 7.07. The van der Waals surface area contributed by atoms with Crippen LogP contribution in [0.15, 0.2) is 70.6 Å².